The second-order valence-electron chi connectivity index (χ2n) is 53.2. The Hall–Kier alpha value is -7.49. The van der Waals surface area contributed by atoms with Crippen molar-refractivity contribution in [2.45, 2.75) is 408 Å². The first-order chi connectivity index (χ1) is 67.2. The largest absolute Gasteiger partial charge is 0.365 e. The van der Waals surface area contributed by atoms with Crippen LogP contribution in [-0.4, -0.2) is 94.8 Å². The number of rotatable bonds is 28. The van der Waals surface area contributed by atoms with Crippen LogP contribution in [0.1, 0.15) is 377 Å². The van der Waals surface area contributed by atoms with E-state index in [0.29, 0.717) is 48.7 Å². The van der Waals surface area contributed by atoms with E-state index < -0.39 is 0 Å². The number of hydrogen-bond acceptors (Lipinski definition) is 9. The third-order valence-electron chi connectivity index (χ3n) is 21.1. The van der Waals surface area contributed by atoms with E-state index >= 15 is 0 Å². The molecule has 0 aliphatic heterocycles. The highest BCUT2D eigenvalue weighted by Gasteiger charge is 2.20. The molecule has 146 heavy (non-hydrogen) atoms. The van der Waals surface area contributed by atoms with Gasteiger partial charge in [-0.3, -0.25) is 9.97 Å². The van der Waals surface area contributed by atoms with Crippen molar-refractivity contribution in [3.05, 3.63) is 325 Å². The van der Waals surface area contributed by atoms with Gasteiger partial charge >= 0.3 is 0 Å². The number of aryl methyl sites for hydroxylation is 2. The highest BCUT2D eigenvalue weighted by atomic mass is 79.9. The topological polar surface area (TPSA) is 104 Å². The van der Waals surface area contributed by atoms with E-state index in [0.717, 1.165) is 89.9 Å². The lowest BCUT2D eigenvalue weighted by Gasteiger charge is -2.26. The zero-order chi connectivity index (χ0) is 111. The molecular formula is C132H211Br2ClN10S. The molecule has 10 rings (SSSR count). The highest BCUT2D eigenvalue weighted by Crippen LogP contribution is 2.34. The third-order valence-corrected chi connectivity index (χ3v) is 24.3. The second kappa shape index (κ2) is 70.6. The summed E-state index contributed by atoms with van der Waals surface area (Å²) >= 11 is 14.6. The smallest absolute Gasteiger partial charge is 0.129 e. The SMILES string of the molecule is CC(C)(C)Cc1ccc(Br)c(Br)c1.CC(C)(C)Cc1ccccn1.CC(C)(C)Cc1cccnc1.CC(C)(C)Cc1ncc[nH]1.CC(C)(C)Cn1ccnc1.CC(C)(C)Sc1ccc(Cl)cc1.CC(C)=CCC/C(C)=C/Cc1ccc(CC(C)(C)C)cc1.CC(C)=CCc1cccc(CC(C)(C)C)c1.CCCCCN(C)CC(C)(C)C.CN(CCCCc1ccccc1)CCC(C)(C)C.Cc1cccnc1NC(C)(C)C. The number of aromatic nitrogens is 7. The Morgan fingerprint density at radius 3 is 1.41 bits per heavy atom. The number of H-pyrrole nitrogens is 1. The fourth-order valence-electron chi connectivity index (χ4n) is 14.8. The van der Waals surface area contributed by atoms with Gasteiger partial charge in [0.25, 0.3) is 0 Å². The molecule has 0 fully saturated rings. The van der Waals surface area contributed by atoms with Gasteiger partial charge in [-0.2, -0.15) is 0 Å². The molecule has 0 saturated carbocycles. The van der Waals surface area contributed by atoms with Crippen LogP contribution in [0.15, 0.2) is 268 Å². The number of halogens is 3. The average molecular weight is 2170 g/mol. The van der Waals surface area contributed by atoms with Crippen molar-refractivity contribution in [2.24, 2.45) is 48.7 Å². The minimum atomic E-state index is 0.0825. The predicted octanol–water partition coefficient (Wildman–Crippen LogP) is 39.7. The van der Waals surface area contributed by atoms with E-state index in [1.54, 1.807) is 12.4 Å². The highest BCUT2D eigenvalue weighted by molar-refractivity contribution is 9.13. The van der Waals surface area contributed by atoms with Crippen LogP contribution in [0, 0.1) is 55.7 Å². The molecule has 0 saturated heterocycles. The summed E-state index contributed by atoms with van der Waals surface area (Å²) in [6.07, 6.45) is 43.8. The number of nitrogens with one attached hydrogen (secondary N) is 2. The summed E-state index contributed by atoms with van der Waals surface area (Å²) in [5, 5.41) is 4.14. The van der Waals surface area contributed by atoms with Crippen molar-refractivity contribution >= 4 is 61.0 Å². The van der Waals surface area contributed by atoms with Gasteiger partial charge < -0.3 is 24.7 Å². The molecular weight excluding hydrogens is 1950 g/mol. The molecule has 816 valence electrons. The first-order valence-electron chi connectivity index (χ1n) is 54.0. The summed E-state index contributed by atoms with van der Waals surface area (Å²) in [6, 6.07) is 57.5. The number of nitrogens with zero attached hydrogens (tertiary/aromatic N) is 8. The summed E-state index contributed by atoms with van der Waals surface area (Å²) in [5.41, 5.74) is 20.0. The quantitative estimate of drug-likeness (QED) is 0.0282. The molecule has 5 aromatic carbocycles. The van der Waals surface area contributed by atoms with Gasteiger partial charge in [0.05, 0.1) is 6.33 Å². The van der Waals surface area contributed by atoms with Gasteiger partial charge in [0.2, 0.25) is 0 Å². The maximum Gasteiger partial charge on any atom is 0.129 e. The van der Waals surface area contributed by atoms with Crippen molar-refractivity contribution in [3.8, 4) is 0 Å². The molecule has 10 aromatic rings. The number of anilines is 1. The van der Waals surface area contributed by atoms with E-state index in [1.807, 2.05) is 91.7 Å². The van der Waals surface area contributed by atoms with Gasteiger partial charge in [-0.1, -0.05) is 377 Å². The molecule has 0 amide bonds. The first-order valence-corrected chi connectivity index (χ1v) is 56.8. The molecule has 14 heteroatoms. The lowest BCUT2D eigenvalue weighted by molar-refractivity contribution is 0.224. The van der Waals surface area contributed by atoms with Crippen LogP contribution in [0.4, 0.5) is 5.82 Å². The molecule has 10 nitrogen and oxygen atoms in total. The number of imidazole rings is 2. The maximum atomic E-state index is 5.77. The second-order valence-corrected chi connectivity index (χ2v) is 57.2. The summed E-state index contributed by atoms with van der Waals surface area (Å²) in [7, 11) is 4.47. The van der Waals surface area contributed by atoms with Gasteiger partial charge in [-0.15, -0.1) is 11.8 Å². The van der Waals surface area contributed by atoms with Crippen molar-refractivity contribution in [3.63, 3.8) is 0 Å². The number of allylic oxidation sites excluding steroid dienone is 6. The molecule has 5 aromatic heterocycles. The monoisotopic (exact) mass is 2160 g/mol. The van der Waals surface area contributed by atoms with Gasteiger partial charge in [-0.25, -0.2) is 15.0 Å². The fraction of sp³-hybridized carbons (Fsp3) is 0.568. The predicted molar refractivity (Wildman–Crippen MR) is 659 cm³/mol. The Bertz CT molecular complexity index is 4930. The first kappa shape index (κ1) is 139. The zero-order valence-electron chi connectivity index (χ0n) is 101. The van der Waals surface area contributed by atoms with Crippen LogP contribution in [0.2, 0.25) is 5.02 Å². The minimum absolute atomic E-state index is 0.0825. The molecule has 0 aliphatic rings. The fourth-order valence-corrected chi connectivity index (χ4v) is 16.6. The van der Waals surface area contributed by atoms with E-state index in [9.17, 15) is 0 Å². The lowest BCUT2D eigenvalue weighted by Crippen LogP contribution is -2.30. The maximum absolute atomic E-state index is 5.77. The zero-order valence-corrected chi connectivity index (χ0v) is 105. The number of aromatic amines is 1. The van der Waals surface area contributed by atoms with E-state index in [-0.39, 0.29) is 10.3 Å². The van der Waals surface area contributed by atoms with Crippen LogP contribution in [0.3, 0.4) is 0 Å². The molecule has 0 unspecified atom stereocenters. The Morgan fingerprint density at radius 2 is 0.932 bits per heavy atom. The van der Waals surface area contributed by atoms with Crippen molar-refractivity contribution in [2.75, 3.05) is 45.6 Å². The molecule has 2 N–H and O–H groups in total. The molecule has 5 heterocycles. The summed E-state index contributed by atoms with van der Waals surface area (Å²) in [6.45, 7) is 95.1. The van der Waals surface area contributed by atoms with Crippen LogP contribution in [0.25, 0.3) is 0 Å². The number of benzene rings is 5. The Kier molecular flexibility index (Phi) is 67.0. The minimum Gasteiger partial charge on any atom is -0.365 e. The summed E-state index contributed by atoms with van der Waals surface area (Å²) in [4.78, 5) is 30.0. The van der Waals surface area contributed by atoms with Gasteiger partial charge in [0.15, 0.2) is 0 Å². The van der Waals surface area contributed by atoms with Gasteiger partial charge in [0.1, 0.15) is 11.6 Å². The van der Waals surface area contributed by atoms with Crippen LogP contribution in [-0.2, 0) is 64.3 Å². The number of pyridine rings is 3. The van der Waals surface area contributed by atoms with Gasteiger partial charge in [0, 0.05) is 104 Å². The number of unbranched alkanes of at least 4 members (excludes halogenated alkanes) is 3. The summed E-state index contributed by atoms with van der Waals surface area (Å²) < 4.78 is 4.62. The molecule has 0 spiro atoms. The van der Waals surface area contributed by atoms with E-state index in [2.05, 4.69) is 518 Å². The van der Waals surface area contributed by atoms with Crippen molar-refractivity contribution < 1.29 is 0 Å². The Balaban J connectivity index is 0.00000160. The van der Waals surface area contributed by atoms with E-state index in [4.69, 9.17) is 11.6 Å². The lowest BCUT2D eigenvalue weighted by atomic mass is 9.87. The standard InChI is InChI=1S/C21H32.C17H29N.C16H24.C11H14Br2.C11H25N.C10H13ClS.C10H16N2.2C10H15N.2C8H14N2/c1-17(2)8-7-9-18(3)10-11-19-12-14-20(15-13-19)16-21(4,5)6;1-17(2,3)13-15-18(4)14-9-8-12-16-10-6-5-7-11-16;1-13(2)9-10-14-7-6-8-15(11-14)12-16(3,4)5;1-11(2,3)7-8-4-5-9(12)10(13)6-8;1-6-7-8-9-12(5)10-11(2,3)4;1-10(2,3)12-9-6-4-8(11)5-7-9;1-8-6-5-7-11-9(8)12-10(2,3)4;1-10(2,3)7-9-5-4-6-11-8-9;1-10(2,3)8-9-6-4-5-7-11-9;1-8(2,3)6-10-5-4-9-7-10;1-8(2,3)6-7-9-4-5-10-7/h8,10,12-15H,7,9,11,16H2,1-6H3;5-7,10-11H,8-9,12-15H2,1-4H3;6-9,11H,10,12H2,1-5H3;4-6H,7H2,1-3H3;6-10H2,1-5H3;4-7H,1-3H3;5-7H,1-4H3,(H,11,12);4-6,8H,7H2,1-3H3;4-7H,8H2,1-3H3;4-5,7H,6H2,1-3H3;4-5H,6H2,1-3H3,(H,9,10)/b18-10+;;;;;;;;;;. The van der Waals surface area contributed by atoms with Crippen molar-refractivity contribution in [1.82, 2.24) is 44.3 Å². The summed E-state index contributed by atoms with van der Waals surface area (Å²) in [5.74, 6) is 2.05. The van der Waals surface area contributed by atoms with Crippen LogP contribution < -0.4 is 5.32 Å². The van der Waals surface area contributed by atoms with Crippen LogP contribution >= 0.6 is 55.2 Å². The normalized spacial score (nSPS) is 11.8. The Morgan fingerprint density at radius 1 is 0.425 bits per heavy atom. The average Bonchev–Trinajstić information content (AvgIpc) is 1.87. The Labute approximate surface area is 924 Å². The van der Waals surface area contributed by atoms with Gasteiger partial charge in [-0.05, 0) is 372 Å². The van der Waals surface area contributed by atoms with E-state index in [1.165, 1.54) is 149 Å². The molecule has 0 radical (unpaired) electrons. The third kappa shape index (κ3) is 88.3. The number of hydrogen-bond donors (Lipinski definition) is 2. The molecule has 0 bridgehead atoms. The van der Waals surface area contributed by atoms with Crippen molar-refractivity contribution in [1.29, 1.82) is 0 Å². The van der Waals surface area contributed by atoms with Crippen LogP contribution in [0.5, 0.6) is 0 Å². The number of thioether (sulfide) groups is 1. The molecule has 0 atom stereocenters. The molecule has 0 aliphatic carbocycles.